The molecule has 0 saturated carbocycles. The number of hydrogen-bond acceptors (Lipinski definition) is 5. The Bertz CT molecular complexity index is 1320. The van der Waals surface area contributed by atoms with Gasteiger partial charge in [0.05, 0.1) is 24.4 Å². The number of nitrogens with zero attached hydrogens (tertiary/aromatic N) is 2. The topological polar surface area (TPSA) is 87.8 Å². The van der Waals surface area contributed by atoms with Crippen molar-refractivity contribution in [2.75, 3.05) is 12.0 Å². The van der Waals surface area contributed by atoms with E-state index in [1.54, 1.807) is 37.6 Å². The average molecular weight is 472 g/mol. The van der Waals surface area contributed by atoms with Crippen LogP contribution in [0.1, 0.15) is 33.9 Å². The molecule has 2 aromatic carbocycles. The summed E-state index contributed by atoms with van der Waals surface area (Å²) in [4.78, 5) is 17.7. The van der Waals surface area contributed by atoms with Crippen molar-refractivity contribution in [1.29, 1.82) is 0 Å². The van der Waals surface area contributed by atoms with Crippen LogP contribution in [0.2, 0.25) is 0 Å². The van der Waals surface area contributed by atoms with E-state index in [2.05, 4.69) is 10.3 Å². The number of ether oxygens (including phenoxy) is 1. The molecular weight excluding hydrogens is 450 g/mol. The Morgan fingerprint density at radius 1 is 1.06 bits per heavy atom. The Kier molecular flexibility index (Phi) is 5.73. The number of methoxy groups -OCH3 is 1. The molecule has 5 rings (SSSR count). The second-order valence-electron chi connectivity index (χ2n) is 7.78. The minimum Gasteiger partial charge on any atom is -0.497 e. The van der Waals surface area contributed by atoms with Crippen LogP contribution >= 0.6 is 12.2 Å². The van der Waals surface area contributed by atoms with Crippen LogP contribution in [0.4, 0.5) is 5.69 Å². The zero-order chi connectivity index (χ0) is 23.7. The van der Waals surface area contributed by atoms with Gasteiger partial charge < -0.3 is 24.5 Å². The molecule has 0 aliphatic carbocycles. The summed E-state index contributed by atoms with van der Waals surface area (Å²) in [6, 6.07) is 23.3. The van der Waals surface area contributed by atoms with Gasteiger partial charge in [0, 0.05) is 17.4 Å². The van der Waals surface area contributed by atoms with E-state index in [1.165, 1.54) is 0 Å². The van der Waals surface area contributed by atoms with Crippen LogP contribution in [-0.2, 0) is 0 Å². The van der Waals surface area contributed by atoms with Gasteiger partial charge in [-0.2, -0.15) is 0 Å². The van der Waals surface area contributed by atoms with Crippen LogP contribution in [0.3, 0.4) is 0 Å². The van der Waals surface area contributed by atoms with Gasteiger partial charge in [0.2, 0.25) is 0 Å². The highest BCUT2D eigenvalue weighted by atomic mass is 32.1. The Hall–Kier alpha value is -4.17. The molecular formula is C26H21N3O4S. The van der Waals surface area contributed by atoms with E-state index in [0.717, 1.165) is 22.7 Å². The molecule has 4 aromatic rings. The van der Waals surface area contributed by atoms with Crippen LogP contribution in [0.25, 0.3) is 11.3 Å². The molecule has 2 N–H and O–H groups in total. The molecule has 2 aromatic heterocycles. The van der Waals surface area contributed by atoms with Crippen molar-refractivity contribution in [2.45, 2.75) is 12.1 Å². The molecule has 8 heteroatoms. The first kappa shape index (κ1) is 21.7. The van der Waals surface area contributed by atoms with Gasteiger partial charge in [-0.25, -0.2) is 4.79 Å². The summed E-state index contributed by atoms with van der Waals surface area (Å²) in [6.45, 7) is 0. The molecule has 7 nitrogen and oxygen atoms in total. The van der Waals surface area contributed by atoms with Crippen LogP contribution in [0, 0.1) is 0 Å². The SMILES string of the molecule is COc1ccc(N2C(=S)N[C@@H](c3ccccn3)[C@H]2c2ccc(-c3ccc(C(=O)O)cc3)o2)cc1. The first-order valence-corrected chi connectivity index (χ1v) is 11.0. The quantitative estimate of drug-likeness (QED) is 0.370. The summed E-state index contributed by atoms with van der Waals surface area (Å²) >= 11 is 5.74. The van der Waals surface area contributed by atoms with Crippen LogP contribution < -0.4 is 15.0 Å². The predicted octanol–water partition coefficient (Wildman–Crippen LogP) is 5.23. The number of furan rings is 1. The third-order valence-electron chi connectivity index (χ3n) is 5.78. The summed E-state index contributed by atoms with van der Waals surface area (Å²) in [5.41, 5.74) is 2.75. The third-order valence-corrected chi connectivity index (χ3v) is 6.10. The standard InChI is InChI=1S/C26H21N3O4S/c1-32-19-11-9-18(10-12-19)29-24(23(28-26(29)34)20-4-2-3-15-27-20)22-14-13-21(33-22)16-5-7-17(8-6-16)25(30)31/h2-15,23-24H,1H3,(H,28,34)(H,30,31)/t23-,24+/m0/s1. The molecule has 1 aliphatic heterocycles. The normalized spacial score (nSPS) is 17.4. The Labute approximate surface area is 201 Å². The molecule has 0 amide bonds. The molecule has 0 unspecified atom stereocenters. The molecule has 1 fully saturated rings. The van der Waals surface area contributed by atoms with Crippen molar-refractivity contribution >= 4 is 29.0 Å². The largest absolute Gasteiger partial charge is 0.497 e. The highest BCUT2D eigenvalue weighted by Crippen LogP contribution is 2.43. The highest BCUT2D eigenvalue weighted by Gasteiger charge is 2.42. The predicted molar refractivity (Wildman–Crippen MR) is 132 cm³/mol. The summed E-state index contributed by atoms with van der Waals surface area (Å²) in [6.07, 6.45) is 1.75. The lowest BCUT2D eigenvalue weighted by atomic mass is 10.0. The fraction of sp³-hybridized carbons (Fsp3) is 0.115. The smallest absolute Gasteiger partial charge is 0.335 e. The van der Waals surface area contributed by atoms with Crippen molar-refractivity contribution in [3.05, 3.63) is 102 Å². The molecule has 0 spiro atoms. The van der Waals surface area contributed by atoms with E-state index in [0.29, 0.717) is 16.6 Å². The number of thiocarbonyl (C=S) groups is 1. The monoisotopic (exact) mass is 471 g/mol. The first-order valence-electron chi connectivity index (χ1n) is 10.6. The number of nitrogens with one attached hydrogen (secondary N) is 1. The molecule has 0 bridgehead atoms. The average Bonchev–Trinajstić information content (AvgIpc) is 3.49. The number of anilines is 1. The van der Waals surface area contributed by atoms with Crippen molar-refractivity contribution in [2.24, 2.45) is 0 Å². The van der Waals surface area contributed by atoms with Crippen molar-refractivity contribution in [1.82, 2.24) is 10.3 Å². The van der Waals surface area contributed by atoms with Crippen LogP contribution in [0.5, 0.6) is 5.75 Å². The molecule has 1 saturated heterocycles. The number of rotatable bonds is 6. The van der Waals surface area contributed by atoms with Gasteiger partial charge in [0.15, 0.2) is 5.11 Å². The van der Waals surface area contributed by atoms with Gasteiger partial charge >= 0.3 is 5.97 Å². The second-order valence-corrected chi connectivity index (χ2v) is 8.17. The number of carboxylic acid groups (broad SMARTS) is 1. The Morgan fingerprint density at radius 3 is 2.47 bits per heavy atom. The fourth-order valence-electron chi connectivity index (χ4n) is 4.11. The number of pyridine rings is 1. The molecule has 170 valence electrons. The molecule has 34 heavy (non-hydrogen) atoms. The van der Waals surface area contributed by atoms with E-state index < -0.39 is 5.97 Å². The van der Waals surface area contributed by atoms with Gasteiger partial charge in [0.1, 0.15) is 23.3 Å². The Balaban J connectivity index is 1.55. The minimum absolute atomic E-state index is 0.224. The zero-order valence-corrected chi connectivity index (χ0v) is 19.0. The third kappa shape index (κ3) is 3.99. The van der Waals surface area contributed by atoms with E-state index >= 15 is 0 Å². The number of carboxylic acids is 1. The number of carbonyl (C=O) groups is 1. The number of benzene rings is 2. The number of aromatic nitrogens is 1. The number of aromatic carboxylic acids is 1. The molecule has 1 aliphatic rings. The maximum Gasteiger partial charge on any atom is 0.335 e. The minimum atomic E-state index is -0.967. The van der Waals surface area contributed by atoms with E-state index in [-0.39, 0.29) is 17.6 Å². The summed E-state index contributed by atoms with van der Waals surface area (Å²) in [5, 5.41) is 13.1. The lowest BCUT2D eigenvalue weighted by Crippen LogP contribution is -2.29. The van der Waals surface area contributed by atoms with E-state index in [9.17, 15) is 4.79 Å². The first-order chi connectivity index (χ1) is 16.5. The van der Waals surface area contributed by atoms with Gasteiger partial charge in [-0.1, -0.05) is 18.2 Å². The summed E-state index contributed by atoms with van der Waals surface area (Å²) in [5.74, 6) is 1.13. The summed E-state index contributed by atoms with van der Waals surface area (Å²) < 4.78 is 11.6. The van der Waals surface area contributed by atoms with Gasteiger partial charge in [-0.05, 0) is 72.9 Å². The Morgan fingerprint density at radius 2 is 1.82 bits per heavy atom. The van der Waals surface area contributed by atoms with Gasteiger partial charge in [-0.3, -0.25) is 4.98 Å². The lowest BCUT2D eigenvalue weighted by molar-refractivity contribution is 0.0697. The van der Waals surface area contributed by atoms with Gasteiger partial charge in [0.25, 0.3) is 0 Å². The zero-order valence-electron chi connectivity index (χ0n) is 18.2. The van der Waals surface area contributed by atoms with Crippen LogP contribution in [-0.4, -0.2) is 28.3 Å². The van der Waals surface area contributed by atoms with Crippen molar-refractivity contribution in [3.8, 4) is 17.1 Å². The summed E-state index contributed by atoms with van der Waals surface area (Å²) in [7, 11) is 1.63. The van der Waals surface area contributed by atoms with Crippen molar-refractivity contribution < 1.29 is 19.1 Å². The van der Waals surface area contributed by atoms with E-state index in [4.69, 9.17) is 26.5 Å². The number of hydrogen-bond donors (Lipinski definition) is 2. The molecule has 0 radical (unpaired) electrons. The fourth-order valence-corrected chi connectivity index (χ4v) is 4.45. The molecule has 2 atom stereocenters. The highest BCUT2D eigenvalue weighted by molar-refractivity contribution is 7.80. The maximum atomic E-state index is 11.2. The maximum absolute atomic E-state index is 11.2. The second kappa shape index (κ2) is 8.99. The lowest BCUT2D eigenvalue weighted by Gasteiger charge is -2.26. The van der Waals surface area contributed by atoms with E-state index in [1.807, 2.05) is 59.5 Å². The molecule has 3 heterocycles. The van der Waals surface area contributed by atoms with Gasteiger partial charge in [-0.15, -0.1) is 0 Å². The van der Waals surface area contributed by atoms with Crippen molar-refractivity contribution in [3.63, 3.8) is 0 Å². The van der Waals surface area contributed by atoms with Crippen LogP contribution in [0.15, 0.2) is 89.5 Å².